The van der Waals surface area contributed by atoms with E-state index in [0.717, 1.165) is 42.9 Å². The molecule has 0 radical (unpaired) electrons. The molecule has 1 amide bonds. The van der Waals surface area contributed by atoms with E-state index >= 15 is 0 Å². The molecule has 5 heteroatoms. The Morgan fingerprint density at radius 2 is 1.75 bits per heavy atom. The summed E-state index contributed by atoms with van der Waals surface area (Å²) in [6, 6.07) is 16.9. The summed E-state index contributed by atoms with van der Waals surface area (Å²) in [5.74, 6) is 0.0177. The minimum absolute atomic E-state index is 0.0177. The number of ether oxygens (including phenoxy) is 1. The number of carbonyl (C=O) groups excluding carboxylic acids is 1. The van der Waals surface area contributed by atoms with Crippen LogP contribution in [0.5, 0.6) is 0 Å². The van der Waals surface area contributed by atoms with Crippen LogP contribution in [0.2, 0.25) is 0 Å². The Bertz CT molecular complexity index is 678. The molecular weight excluding hydrogens is 302 g/mol. The highest BCUT2D eigenvalue weighted by Gasteiger charge is 2.16. The number of rotatable bonds is 6. The van der Waals surface area contributed by atoms with Crippen LogP contribution >= 0.6 is 0 Å². The van der Waals surface area contributed by atoms with E-state index in [-0.39, 0.29) is 12.0 Å². The van der Waals surface area contributed by atoms with E-state index in [2.05, 4.69) is 15.5 Å². The summed E-state index contributed by atoms with van der Waals surface area (Å²) in [5.41, 5.74) is 2.33. The summed E-state index contributed by atoms with van der Waals surface area (Å²) in [5, 5.41) is 11.2. The van der Waals surface area contributed by atoms with Gasteiger partial charge in [-0.05, 0) is 55.7 Å². The number of nitrogens with zero attached hydrogens (tertiary/aromatic N) is 2. The second kappa shape index (κ2) is 8.36. The van der Waals surface area contributed by atoms with Gasteiger partial charge in [0.05, 0.1) is 17.5 Å². The lowest BCUT2D eigenvalue weighted by Crippen LogP contribution is -2.15. The minimum Gasteiger partial charge on any atom is -0.378 e. The zero-order chi connectivity index (χ0) is 16.6. The standard InChI is InChI=1S/C19H21N3O2/c23-19(13-12-18-7-4-14-24-18)20-15-8-10-17(11-9-15)22-21-16-5-2-1-3-6-16/h1-3,5-6,8-11,18H,4,7,12-14H2,(H,20,23). The van der Waals surface area contributed by atoms with Gasteiger partial charge in [-0.3, -0.25) is 4.79 Å². The van der Waals surface area contributed by atoms with Crippen molar-refractivity contribution in [1.82, 2.24) is 0 Å². The Labute approximate surface area is 141 Å². The molecule has 0 spiro atoms. The summed E-state index contributed by atoms with van der Waals surface area (Å²) >= 11 is 0. The van der Waals surface area contributed by atoms with Gasteiger partial charge in [-0.25, -0.2) is 0 Å². The van der Waals surface area contributed by atoms with Crippen molar-refractivity contribution in [3.63, 3.8) is 0 Å². The summed E-state index contributed by atoms with van der Waals surface area (Å²) in [7, 11) is 0. The van der Waals surface area contributed by atoms with Gasteiger partial charge < -0.3 is 10.1 Å². The lowest BCUT2D eigenvalue weighted by Gasteiger charge is -2.09. The molecule has 0 saturated carbocycles. The van der Waals surface area contributed by atoms with E-state index in [1.54, 1.807) is 0 Å². The van der Waals surface area contributed by atoms with Gasteiger partial charge in [0.2, 0.25) is 5.91 Å². The number of nitrogens with one attached hydrogen (secondary N) is 1. The first-order chi connectivity index (χ1) is 11.8. The second-order valence-corrected chi connectivity index (χ2v) is 5.80. The van der Waals surface area contributed by atoms with Crippen molar-refractivity contribution in [1.29, 1.82) is 0 Å². The molecule has 1 heterocycles. The van der Waals surface area contributed by atoms with Crippen LogP contribution in [0.25, 0.3) is 0 Å². The van der Waals surface area contributed by atoms with Crippen LogP contribution in [0.15, 0.2) is 64.8 Å². The third-order valence-electron chi connectivity index (χ3n) is 3.91. The maximum atomic E-state index is 12.0. The average molecular weight is 323 g/mol. The third kappa shape index (κ3) is 4.99. The van der Waals surface area contributed by atoms with Crippen molar-refractivity contribution < 1.29 is 9.53 Å². The molecule has 5 nitrogen and oxygen atoms in total. The molecule has 0 aromatic heterocycles. The number of benzene rings is 2. The number of amides is 1. The van der Waals surface area contributed by atoms with Crippen LogP contribution in [0.3, 0.4) is 0 Å². The molecule has 1 N–H and O–H groups in total. The van der Waals surface area contributed by atoms with E-state index in [0.29, 0.717) is 6.42 Å². The predicted octanol–water partition coefficient (Wildman–Crippen LogP) is 5.00. The Morgan fingerprint density at radius 3 is 2.42 bits per heavy atom. The van der Waals surface area contributed by atoms with Crippen molar-refractivity contribution in [2.45, 2.75) is 31.8 Å². The van der Waals surface area contributed by atoms with Gasteiger partial charge in [-0.1, -0.05) is 18.2 Å². The Morgan fingerprint density at radius 1 is 1.04 bits per heavy atom. The van der Waals surface area contributed by atoms with E-state index in [9.17, 15) is 4.79 Å². The fourth-order valence-electron chi connectivity index (χ4n) is 2.61. The monoisotopic (exact) mass is 323 g/mol. The number of azo groups is 1. The largest absolute Gasteiger partial charge is 0.378 e. The van der Waals surface area contributed by atoms with E-state index in [1.807, 2.05) is 54.6 Å². The van der Waals surface area contributed by atoms with Crippen LogP contribution < -0.4 is 5.32 Å². The summed E-state index contributed by atoms with van der Waals surface area (Å²) < 4.78 is 5.53. The van der Waals surface area contributed by atoms with Gasteiger partial charge in [0.1, 0.15) is 0 Å². The zero-order valence-electron chi connectivity index (χ0n) is 13.5. The first kappa shape index (κ1) is 16.3. The molecule has 0 bridgehead atoms. The van der Waals surface area contributed by atoms with Crippen LogP contribution in [0, 0.1) is 0 Å². The molecule has 1 aliphatic heterocycles. The van der Waals surface area contributed by atoms with Gasteiger partial charge in [-0.2, -0.15) is 10.2 Å². The Hall–Kier alpha value is -2.53. The maximum Gasteiger partial charge on any atom is 0.224 e. The van der Waals surface area contributed by atoms with Crippen molar-refractivity contribution in [2.24, 2.45) is 10.2 Å². The van der Waals surface area contributed by atoms with Crippen LogP contribution in [0.4, 0.5) is 17.1 Å². The maximum absolute atomic E-state index is 12.0. The van der Waals surface area contributed by atoms with Gasteiger partial charge in [0, 0.05) is 18.7 Å². The summed E-state index contributed by atoms with van der Waals surface area (Å²) in [4.78, 5) is 12.0. The molecule has 3 rings (SSSR count). The molecular formula is C19H21N3O2. The molecule has 0 aliphatic carbocycles. The third-order valence-corrected chi connectivity index (χ3v) is 3.91. The van der Waals surface area contributed by atoms with Crippen molar-refractivity contribution in [3.05, 3.63) is 54.6 Å². The molecule has 1 saturated heterocycles. The van der Waals surface area contributed by atoms with Gasteiger partial charge in [0.25, 0.3) is 0 Å². The molecule has 2 aromatic rings. The van der Waals surface area contributed by atoms with Crippen molar-refractivity contribution in [2.75, 3.05) is 11.9 Å². The van der Waals surface area contributed by atoms with Gasteiger partial charge in [0.15, 0.2) is 0 Å². The van der Waals surface area contributed by atoms with Gasteiger partial charge in [-0.15, -0.1) is 0 Å². The first-order valence-electron chi connectivity index (χ1n) is 8.28. The predicted molar refractivity (Wildman–Crippen MR) is 93.9 cm³/mol. The zero-order valence-corrected chi connectivity index (χ0v) is 13.5. The Balaban J connectivity index is 1.48. The average Bonchev–Trinajstić information content (AvgIpc) is 3.14. The normalized spacial score (nSPS) is 17.2. The Kier molecular flexibility index (Phi) is 5.69. The van der Waals surface area contributed by atoms with Crippen molar-refractivity contribution in [3.8, 4) is 0 Å². The molecule has 1 fully saturated rings. The SMILES string of the molecule is O=C(CCC1CCCO1)Nc1ccc(N=Nc2ccccc2)cc1. The van der Waals surface area contributed by atoms with E-state index in [1.165, 1.54) is 0 Å². The number of anilines is 1. The summed E-state index contributed by atoms with van der Waals surface area (Å²) in [6.45, 7) is 0.825. The highest BCUT2D eigenvalue weighted by Crippen LogP contribution is 2.21. The quantitative estimate of drug-likeness (QED) is 0.760. The topological polar surface area (TPSA) is 63.0 Å². The molecule has 124 valence electrons. The number of hydrogen-bond donors (Lipinski definition) is 1. The molecule has 1 unspecified atom stereocenters. The highest BCUT2D eigenvalue weighted by atomic mass is 16.5. The lowest BCUT2D eigenvalue weighted by molar-refractivity contribution is -0.116. The van der Waals surface area contributed by atoms with E-state index in [4.69, 9.17) is 4.74 Å². The van der Waals surface area contributed by atoms with Crippen molar-refractivity contribution >= 4 is 23.0 Å². The molecule has 1 aliphatic rings. The fraction of sp³-hybridized carbons (Fsp3) is 0.316. The molecule has 24 heavy (non-hydrogen) atoms. The smallest absolute Gasteiger partial charge is 0.224 e. The number of hydrogen-bond acceptors (Lipinski definition) is 4. The number of carbonyl (C=O) groups is 1. The van der Waals surface area contributed by atoms with Crippen LogP contribution in [-0.4, -0.2) is 18.6 Å². The second-order valence-electron chi connectivity index (χ2n) is 5.80. The van der Waals surface area contributed by atoms with Crippen LogP contribution in [0.1, 0.15) is 25.7 Å². The lowest BCUT2D eigenvalue weighted by atomic mass is 10.1. The molecule has 1 atom stereocenters. The highest BCUT2D eigenvalue weighted by molar-refractivity contribution is 5.90. The fourth-order valence-corrected chi connectivity index (χ4v) is 2.61. The first-order valence-corrected chi connectivity index (χ1v) is 8.28. The summed E-state index contributed by atoms with van der Waals surface area (Å²) in [6.07, 6.45) is 3.69. The van der Waals surface area contributed by atoms with Gasteiger partial charge >= 0.3 is 0 Å². The molecule has 2 aromatic carbocycles. The van der Waals surface area contributed by atoms with E-state index < -0.39 is 0 Å². The minimum atomic E-state index is 0.0177. The van der Waals surface area contributed by atoms with Crippen LogP contribution in [-0.2, 0) is 9.53 Å².